The van der Waals surface area contributed by atoms with Crippen LogP contribution in [0, 0.1) is 12.2 Å². The van der Waals surface area contributed by atoms with Gasteiger partial charge >= 0.3 is 41.3 Å². The second-order valence-electron chi connectivity index (χ2n) is 4.46. The molecule has 7 heteroatoms. The minimum atomic E-state index is 0. The first kappa shape index (κ1) is 28.6. The van der Waals surface area contributed by atoms with E-state index in [1.807, 2.05) is 12.2 Å². The molecular weight excluding hydrogens is 430 g/mol. The molecule has 0 spiro atoms. The van der Waals surface area contributed by atoms with E-state index in [-0.39, 0.29) is 38.0 Å². The second kappa shape index (κ2) is 20.9. The van der Waals surface area contributed by atoms with Gasteiger partial charge in [-0.25, -0.2) is 0 Å². The molecule has 0 unspecified atom stereocenters. The van der Waals surface area contributed by atoms with Crippen LogP contribution in [0.15, 0.2) is 35.8 Å². The molecule has 0 aromatic rings. The molecule has 0 saturated carbocycles. The Morgan fingerprint density at radius 1 is 0.958 bits per heavy atom. The van der Waals surface area contributed by atoms with Gasteiger partial charge in [0.2, 0.25) is 0 Å². The number of ether oxygens (including phenoxy) is 2. The first-order valence-corrected chi connectivity index (χ1v) is 8.35. The molecule has 2 aliphatic carbocycles. The maximum atomic E-state index is 8.34. The van der Waals surface area contributed by atoms with Crippen LogP contribution in [0.1, 0.15) is 26.7 Å². The molecule has 2 rings (SSSR count). The summed E-state index contributed by atoms with van der Waals surface area (Å²) in [6.07, 6.45) is 15.0. The van der Waals surface area contributed by atoms with E-state index in [0.29, 0.717) is 13.2 Å². The SMILES string of the molecule is C[C](C)=[Zr+2].Cl.Cl.OCCOC1=CC[C-]=C1.OCCOC1=CC[C-]=C1. The Kier molecular flexibility index (Phi) is 24.9. The summed E-state index contributed by atoms with van der Waals surface area (Å²) in [6.45, 7) is 5.15. The molecule has 2 aliphatic rings. The maximum absolute atomic E-state index is 8.34. The standard InChI is InChI=1S/2C7H9O2.C3H6.2ClH.Zr/c2*8-5-6-9-7-3-1-2-4-7;1-3-2;;;/h2*3-4,8H,1,5-6H2;1-2H3;2*1H;/q2*-1;;;;+2. The van der Waals surface area contributed by atoms with Crippen LogP contribution in [0.4, 0.5) is 0 Å². The molecule has 0 bridgehead atoms. The van der Waals surface area contributed by atoms with Gasteiger partial charge in [-0.1, -0.05) is 0 Å². The number of allylic oxidation sites excluding steroid dienone is 6. The van der Waals surface area contributed by atoms with Crippen LogP contribution < -0.4 is 0 Å². The summed E-state index contributed by atoms with van der Waals surface area (Å²) in [4.78, 5) is 0. The third-order valence-electron chi connectivity index (χ3n) is 2.05. The quantitative estimate of drug-likeness (QED) is 0.604. The molecule has 4 nitrogen and oxygen atoms in total. The molecule has 0 radical (unpaired) electrons. The summed E-state index contributed by atoms with van der Waals surface area (Å²) in [5, 5.41) is 16.7. The van der Waals surface area contributed by atoms with Gasteiger partial charge in [0, 0.05) is 0 Å². The van der Waals surface area contributed by atoms with Crippen LogP contribution in [0.2, 0.25) is 0 Å². The Balaban J connectivity index is -0.000000283. The van der Waals surface area contributed by atoms with Gasteiger partial charge < -0.3 is 19.7 Å². The van der Waals surface area contributed by atoms with Crippen molar-refractivity contribution >= 4 is 28.0 Å². The molecule has 0 fully saturated rings. The van der Waals surface area contributed by atoms with Gasteiger partial charge in [0.05, 0.1) is 26.4 Å². The predicted molar refractivity (Wildman–Crippen MR) is 98.0 cm³/mol. The minimum absolute atomic E-state index is 0. The zero-order valence-electron chi connectivity index (χ0n) is 14.1. The van der Waals surface area contributed by atoms with Crippen LogP contribution in [0.3, 0.4) is 0 Å². The van der Waals surface area contributed by atoms with Gasteiger partial charge in [0.15, 0.2) is 0 Å². The van der Waals surface area contributed by atoms with Gasteiger partial charge in [-0.2, -0.15) is 12.2 Å². The average Bonchev–Trinajstić information content (AvgIpc) is 3.16. The number of aliphatic hydroxyl groups is 2. The Morgan fingerprint density at radius 2 is 1.29 bits per heavy atom. The van der Waals surface area contributed by atoms with Gasteiger partial charge in [0.1, 0.15) is 0 Å². The van der Waals surface area contributed by atoms with Crippen molar-refractivity contribution in [2.75, 3.05) is 26.4 Å². The number of rotatable bonds is 6. The Hall–Kier alpha value is -0.187. The third-order valence-corrected chi connectivity index (χ3v) is 2.05. The first-order valence-electron chi connectivity index (χ1n) is 7.12. The van der Waals surface area contributed by atoms with Crippen LogP contribution in [0.5, 0.6) is 0 Å². The van der Waals surface area contributed by atoms with E-state index < -0.39 is 0 Å². The monoisotopic (exact) mass is 454 g/mol. The largest absolute Gasteiger partial charge is 0.577 e. The predicted octanol–water partition coefficient (Wildman–Crippen LogP) is 2.87. The summed E-state index contributed by atoms with van der Waals surface area (Å²) < 4.78 is 11.6. The molecular formula is C17H26Cl2O4Zr. The smallest absolute Gasteiger partial charge is 0.0876 e. The molecule has 0 aromatic heterocycles. The van der Waals surface area contributed by atoms with Gasteiger partial charge in [-0.3, -0.25) is 12.2 Å². The van der Waals surface area contributed by atoms with Crippen LogP contribution in [0.25, 0.3) is 0 Å². The van der Waals surface area contributed by atoms with E-state index >= 15 is 0 Å². The zero-order valence-corrected chi connectivity index (χ0v) is 18.2. The molecule has 0 atom stereocenters. The van der Waals surface area contributed by atoms with Gasteiger partial charge in [0.25, 0.3) is 0 Å². The summed E-state index contributed by atoms with van der Waals surface area (Å²) in [5.41, 5.74) is 0. The van der Waals surface area contributed by atoms with Gasteiger partial charge in [-0.15, -0.1) is 49.8 Å². The van der Waals surface area contributed by atoms with E-state index in [0.717, 1.165) is 24.4 Å². The van der Waals surface area contributed by atoms with Crippen molar-refractivity contribution in [1.29, 1.82) is 0 Å². The fourth-order valence-electron chi connectivity index (χ4n) is 1.28. The summed E-state index contributed by atoms with van der Waals surface area (Å²) in [5.74, 6) is 1.65. The molecule has 136 valence electrons. The molecule has 24 heavy (non-hydrogen) atoms. The minimum Gasteiger partial charge on any atom is -0.577 e. The van der Waals surface area contributed by atoms with E-state index in [1.165, 1.54) is 3.21 Å². The number of hydrogen-bond acceptors (Lipinski definition) is 4. The summed E-state index contributed by atoms with van der Waals surface area (Å²) >= 11 is 1.55. The van der Waals surface area contributed by atoms with Crippen molar-refractivity contribution in [2.24, 2.45) is 0 Å². The number of hydrogen-bond donors (Lipinski definition) is 2. The zero-order chi connectivity index (χ0) is 16.6. The Morgan fingerprint density at radius 3 is 1.50 bits per heavy atom. The van der Waals surface area contributed by atoms with E-state index in [1.54, 1.807) is 36.4 Å². The Labute approximate surface area is 172 Å². The number of halogens is 2. The maximum Gasteiger partial charge on any atom is 0.0876 e. The van der Waals surface area contributed by atoms with Crippen molar-refractivity contribution in [2.45, 2.75) is 26.7 Å². The molecule has 2 N–H and O–H groups in total. The molecule has 0 aliphatic heterocycles. The first-order chi connectivity index (χ1) is 10.6. The average molecular weight is 457 g/mol. The van der Waals surface area contributed by atoms with Crippen LogP contribution in [-0.2, 0) is 33.7 Å². The van der Waals surface area contributed by atoms with E-state index in [4.69, 9.17) is 19.7 Å². The van der Waals surface area contributed by atoms with Crippen LogP contribution in [-0.4, -0.2) is 39.8 Å². The van der Waals surface area contributed by atoms with E-state index in [9.17, 15) is 0 Å². The normalized spacial score (nSPS) is 13.1. The van der Waals surface area contributed by atoms with Gasteiger partial charge in [-0.05, 0) is 11.5 Å². The topological polar surface area (TPSA) is 58.9 Å². The third kappa shape index (κ3) is 19.9. The molecule has 0 heterocycles. The Bertz CT molecular complexity index is 394. The summed E-state index contributed by atoms with van der Waals surface area (Å²) in [6, 6.07) is 0. The van der Waals surface area contributed by atoms with Crippen molar-refractivity contribution in [3.8, 4) is 0 Å². The van der Waals surface area contributed by atoms with Crippen LogP contribution >= 0.6 is 24.8 Å². The molecule has 0 saturated heterocycles. The van der Waals surface area contributed by atoms with Crippen molar-refractivity contribution in [3.63, 3.8) is 0 Å². The van der Waals surface area contributed by atoms with Crippen molar-refractivity contribution < 1.29 is 43.9 Å². The van der Waals surface area contributed by atoms with Crippen molar-refractivity contribution in [1.82, 2.24) is 0 Å². The fraction of sp³-hybridized carbons (Fsp3) is 0.471. The number of aliphatic hydroxyl groups excluding tert-OH is 2. The molecule has 0 amide bonds. The fourth-order valence-corrected chi connectivity index (χ4v) is 1.28. The molecule has 0 aromatic carbocycles. The van der Waals surface area contributed by atoms with E-state index in [2.05, 4.69) is 26.0 Å². The summed E-state index contributed by atoms with van der Waals surface area (Å²) in [7, 11) is 0. The second-order valence-corrected chi connectivity index (χ2v) is 6.92. The van der Waals surface area contributed by atoms with Crippen molar-refractivity contribution in [3.05, 3.63) is 48.0 Å².